The number of nitrogens with zero attached hydrogens (tertiary/aromatic N) is 1. The monoisotopic (exact) mass is 240 g/mol. The molecule has 92 valence electrons. The van der Waals surface area contributed by atoms with Crippen LogP contribution in [0.25, 0.3) is 0 Å². The highest BCUT2D eigenvalue weighted by Gasteiger charge is 2.33. The summed E-state index contributed by atoms with van der Waals surface area (Å²) in [6.07, 6.45) is -4.72. The van der Waals surface area contributed by atoms with E-state index in [1.807, 2.05) is 0 Å². The Morgan fingerprint density at radius 3 is 2.69 bits per heavy atom. The molecule has 1 atom stereocenters. The number of rotatable bonds is 3. The van der Waals surface area contributed by atoms with Gasteiger partial charge in [-0.2, -0.15) is 0 Å². The number of carbonyl (C=O) groups is 2. The van der Waals surface area contributed by atoms with Crippen LogP contribution in [-0.2, 0) is 14.3 Å². The zero-order valence-electron chi connectivity index (χ0n) is 8.50. The average Bonchev–Trinajstić information content (AvgIpc) is 2.16. The fourth-order valence-electron chi connectivity index (χ4n) is 1.35. The zero-order valence-corrected chi connectivity index (χ0v) is 8.50. The molecule has 1 saturated heterocycles. The van der Waals surface area contributed by atoms with Crippen molar-refractivity contribution in [2.45, 2.75) is 19.3 Å². The lowest BCUT2D eigenvalue weighted by Gasteiger charge is -2.32. The number of ether oxygens (including phenoxy) is 1. The number of halogens is 3. The molecule has 1 fully saturated rings. The largest absolute Gasteiger partial charge is 0.522 e. The Bertz CT molecular complexity index is 293. The van der Waals surface area contributed by atoms with Crippen molar-refractivity contribution < 1.29 is 27.5 Å². The quantitative estimate of drug-likeness (QED) is 0.747. The maximum Gasteiger partial charge on any atom is 0.522 e. The van der Waals surface area contributed by atoms with Gasteiger partial charge < -0.3 is 10.2 Å². The Balaban J connectivity index is 2.45. The molecule has 2 amide bonds. The molecule has 0 aromatic rings. The summed E-state index contributed by atoms with van der Waals surface area (Å²) in [5, 5.41) is 2.33. The minimum Gasteiger partial charge on any atom is -0.345 e. The third-order valence-corrected chi connectivity index (χ3v) is 2.18. The van der Waals surface area contributed by atoms with E-state index < -0.39 is 24.9 Å². The van der Waals surface area contributed by atoms with Crippen LogP contribution in [0.1, 0.15) is 6.92 Å². The molecule has 0 radical (unpaired) electrons. The maximum atomic E-state index is 11.7. The van der Waals surface area contributed by atoms with Gasteiger partial charge in [-0.3, -0.25) is 14.3 Å². The molecular formula is C8H11F3N2O3. The summed E-state index contributed by atoms with van der Waals surface area (Å²) in [5.74, 6) is -0.801. The molecule has 0 aliphatic carbocycles. The van der Waals surface area contributed by atoms with Crippen LogP contribution in [0.3, 0.4) is 0 Å². The van der Waals surface area contributed by atoms with Crippen molar-refractivity contribution >= 4 is 11.8 Å². The van der Waals surface area contributed by atoms with Crippen molar-refractivity contribution in [1.82, 2.24) is 10.2 Å². The van der Waals surface area contributed by atoms with Gasteiger partial charge in [-0.1, -0.05) is 0 Å². The first kappa shape index (κ1) is 12.8. The summed E-state index contributed by atoms with van der Waals surface area (Å²) in [7, 11) is 0. The summed E-state index contributed by atoms with van der Waals surface area (Å²) in [6.45, 7) is 0.328. The van der Waals surface area contributed by atoms with Crippen LogP contribution in [0.15, 0.2) is 0 Å². The molecule has 1 aliphatic rings. The number of hydrogen-bond acceptors (Lipinski definition) is 3. The van der Waals surface area contributed by atoms with E-state index in [1.165, 1.54) is 6.92 Å². The molecule has 1 unspecified atom stereocenters. The molecular weight excluding hydrogens is 229 g/mol. The van der Waals surface area contributed by atoms with Gasteiger partial charge in [-0.15, -0.1) is 13.2 Å². The lowest BCUT2D eigenvalue weighted by molar-refractivity contribution is -0.325. The number of nitrogens with one attached hydrogen (secondary N) is 1. The van der Waals surface area contributed by atoms with Gasteiger partial charge in [-0.05, 0) is 6.92 Å². The number of carbonyl (C=O) groups excluding carboxylic acids is 2. The molecule has 1 aliphatic heterocycles. The highest BCUT2D eigenvalue weighted by atomic mass is 19.4. The summed E-state index contributed by atoms with van der Waals surface area (Å²) < 4.78 is 38.6. The predicted octanol–water partition coefficient (Wildman–Crippen LogP) is -0.130. The van der Waals surface area contributed by atoms with Crippen LogP contribution in [0.5, 0.6) is 0 Å². The van der Waals surface area contributed by atoms with Crippen LogP contribution in [-0.4, -0.2) is 48.8 Å². The van der Waals surface area contributed by atoms with Crippen LogP contribution in [0, 0.1) is 0 Å². The van der Waals surface area contributed by atoms with Crippen molar-refractivity contribution in [1.29, 1.82) is 0 Å². The van der Waals surface area contributed by atoms with Crippen molar-refractivity contribution in [3.8, 4) is 0 Å². The predicted molar refractivity (Wildman–Crippen MR) is 46.2 cm³/mol. The molecule has 0 saturated carbocycles. The van der Waals surface area contributed by atoms with Gasteiger partial charge in [0.15, 0.2) is 0 Å². The van der Waals surface area contributed by atoms with E-state index in [4.69, 9.17) is 0 Å². The minimum atomic E-state index is -4.72. The van der Waals surface area contributed by atoms with Crippen LogP contribution in [0.4, 0.5) is 13.2 Å². The van der Waals surface area contributed by atoms with Crippen LogP contribution >= 0.6 is 0 Å². The fraction of sp³-hybridized carbons (Fsp3) is 0.750. The molecule has 16 heavy (non-hydrogen) atoms. The van der Waals surface area contributed by atoms with Crippen LogP contribution < -0.4 is 5.32 Å². The molecule has 5 nitrogen and oxygen atoms in total. The average molecular weight is 240 g/mol. The van der Waals surface area contributed by atoms with E-state index in [1.54, 1.807) is 0 Å². The van der Waals surface area contributed by atoms with Crippen molar-refractivity contribution in [3.63, 3.8) is 0 Å². The Morgan fingerprint density at radius 1 is 1.50 bits per heavy atom. The molecule has 0 aromatic heterocycles. The summed E-state index contributed by atoms with van der Waals surface area (Å²) >= 11 is 0. The number of piperazine rings is 1. The minimum absolute atomic E-state index is 0.185. The van der Waals surface area contributed by atoms with Gasteiger partial charge in [-0.25, -0.2) is 0 Å². The van der Waals surface area contributed by atoms with Crippen LogP contribution in [0.2, 0.25) is 0 Å². The first-order valence-corrected chi connectivity index (χ1v) is 4.59. The van der Waals surface area contributed by atoms with E-state index in [0.29, 0.717) is 0 Å². The number of hydrogen-bond donors (Lipinski definition) is 1. The van der Waals surface area contributed by atoms with E-state index >= 15 is 0 Å². The third kappa shape index (κ3) is 3.37. The third-order valence-electron chi connectivity index (χ3n) is 2.18. The van der Waals surface area contributed by atoms with E-state index in [9.17, 15) is 22.8 Å². The molecule has 0 aromatic carbocycles. The molecule has 0 bridgehead atoms. The first-order valence-electron chi connectivity index (χ1n) is 4.59. The van der Waals surface area contributed by atoms with E-state index in [-0.39, 0.29) is 19.0 Å². The van der Waals surface area contributed by atoms with Crippen molar-refractivity contribution in [2.24, 2.45) is 0 Å². The maximum absolute atomic E-state index is 11.7. The SMILES string of the molecule is CC1C(=O)NCC(=O)N1CCOC(F)(F)F. The normalized spacial score (nSPS) is 22.2. The Morgan fingerprint density at radius 2 is 2.12 bits per heavy atom. The highest BCUT2D eigenvalue weighted by Crippen LogP contribution is 2.16. The standard InChI is InChI=1S/C8H11F3N2O3/c1-5-7(15)12-4-6(14)13(5)2-3-16-8(9,10)11/h5H,2-4H2,1H3,(H,12,15). The lowest BCUT2D eigenvalue weighted by atomic mass is 10.2. The first-order chi connectivity index (χ1) is 7.31. The summed E-state index contributed by atoms with van der Waals surface area (Å²) in [6, 6.07) is -0.766. The van der Waals surface area contributed by atoms with Gasteiger partial charge in [0.2, 0.25) is 11.8 Å². The van der Waals surface area contributed by atoms with Gasteiger partial charge >= 0.3 is 6.36 Å². The Labute approximate surface area is 89.5 Å². The topological polar surface area (TPSA) is 58.6 Å². The molecule has 1 N–H and O–H groups in total. The van der Waals surface area contributed by atoms with Gasteiger partial charge in [0.1, 0.15) is 6.04 Å². The van der Waals surface area contributed by atoms with E-state index in [2.05, 4.69) is 10.1 Å². The zero-order chi connectivity index (χ0) is 12.3. The van der Waals surface area contributed by atoms with Gasteiger partial charge in [0, 0.05) is 6.54 Å². The van der Waals surface area contributed by atoms with Crippen molar-refractivity contribution in [2.75, 3.05) is 19.7 Å². The highest BCUT2D eigenvalue weighted by molar-refractivity contribution is 5.94. The van der Waals surface area contributed by atoms with E-state index in [0.717, 1.165) is 4.90 Å². The molecule has 1 rings (SSSR count). The summed E-state index contributed by atoms with van der Waals surface area (Å²) in [4.78, 5) is 23.5. The van der Waals surface area contributed by atoms with Crippen molar-refractivity contribution in [3.05, 3.63) is 0 Å². The Hall–Kier alpha value is -1.31. The molecule has 8 heteroatoms. The number of alkyl halides is 3. The summed E-state index contributed by atoms with van der Waals surface area (Å²) in [5.41, 5.74) is 0. The molecule has 1 heterocycles. The lowest BCUT2D eigenvalue weighted by Crippen LogP contribution is -2.57. The number of amides is 2. The second kappa shape index (κ2) is 4.69. The smallest absolute Gasteiger partial charge is 0.345 e. The van der Waals surface area contributed by atoms with Gasteiger partial charge in [0.05, 0.1) is 13.2 Å². The molecule has 0 spiro atoms. The second-order valence-corrected chi connectivity index (χ2v) is 3.28. The Kier molecular flexibility index (Phi) is 3.74. The fourth-order valence-corrected chi connectivity index (χ4v) is 1.35. The van der Waals surface area contributed by atoms with Gasteiger partial charge in [0.25, 0.3) is 0 Å². The second-order valence-electron chi connectivity index (χ2n) is 3.28.